The number of carbonyl (C=O) groups is 1. The Bertz CT molecular complexity index is 432. The van der Waals surface area contributed by atoms with Crippen LogP contribution < -0.4 is 5.32 Å². The summed E-state index contributed by atoms with van der Waals surface area (Å²) >= 11 is 0. The molecule has 0 fully saturated rings. The van der Waals surface area contributed by atoms with E-state index in [1.54, 1.807) is 0 Å². The molecule has 0 heterocycles. The lowest BCUT2D eigenvalue weighted by Crippen LogP contribution is -2.32. The zero-order valence-electron chi connectivity index (χ0n) is 12.1. The third-order valence-electron chi connectivity index (χ3n) is 2.88. The lowest BCUT2D eigenvalue weighted by molar-refractivity contribution is -0.174. The molecule has 0 aliphatic rings. The number of amides is 1. The van der Waals surface area contributed by atoms with Crippen molar-refractivity contribution in [2.45, 2.75) is 32.5 Å². The Morgan fingerprint density at radius 1 is 1.24 bits per heavy atom. The van der Waals surface area contributed by atoms with E-state index >= 15 is 0 Å². The number of hydrogen-bond acceptors (Lipinski definition) is 2. The third-order valence-corrected chi connectivity index (χ3v) is 2.88. The van der Waals surface area contributed by atoms with E-state index in [4.69, 9.17) is 0 Å². The topological polar surface area (TPSA) is 38.3 Å². The first-order valence-electron chi connectivity index (χ1n) is 6.78. The molecule has 3 nitrogen and oxygen atoms in total. The molecule has 0 aliphatic heterocycles. The quantitative estimate of drug-likeness (QED) is 0.783. The van der Waals surface area contributed by atoms with Gasteiger partial charge in [0.05, 0.1) is 12.6 Å². The van der Waals surface area contributed by atoms with Crippen molar-refractivity contribution >= 4 is 5.91 Å². The van der Waals surface area contributed by atoms with Gasteiger partial charge in [0.15, 0.2) is 0 Å². The smallest absolute Gasteiger partial charge is 0.372 e. The summed E-state index contributed by atoms with van der Waals surface area (Å²) in [6.07, 6.45) is -4.45. The van der Waals surface area contributed by atoms with Crippen LogP contribution in [-0.4, -0.2) is 25.3 Å². The van der Waals surface area contributed by atoms with E-state index in [-0.39, 0.29) is 30.9 Å². The Kier molecular flexibility index (Phi) is 6.68. The van der Waals surface area contributed by atoms with Crippen LogP contribution in [-0.2, 0) is 9.53 Å². The van der Waals surface area contributed by atoms with Crippen LogP contribution >= 0.6 is 0 Å². The highest BCUT2D eigenvalue weighted by Gasteiger charge is 2.27. The monoisotopic (exact) mass is 303 g/mol. The molecule has 0 radical (unpaired) electrons. The fraction of sp³-hybridized carbons (Fsp3) is 0.533. The van der Waals surface area contributed by atoms with Gasteiger partial charge >= 0.3 is 6.18 Å². The lowest BCUT2D eigenvalue weighted by atomic mass is 9.96. The normalized spacial score (nSPS) is 13.2. The number of rotatable bonds is 7. The molecule has 1 N–H and O–H groups in total. The molecule has 0 aliphatic carbocycles. The average Bonchev–Trinajstić information content (AvgIpc) is 2.40. The SMILES string of the molecule is CC(C)C(NC(=O)CCOCC(F)(F)F)c1ccccc1. The van der Waals surface area contributed by atoms with Crippen molar-refractivity contribution in [2.75, 3.05) is 13.2 Å². The van der Waals surface area contributed by atoms with Crippen LogP contribution in [0.15, 0.2) is 30.3 Å². The molecular formula is C15H20F3NO2. The molecule has 1 unspecified atom stereocenters. The van der Waals surface area contributed by atoms with Crippen LogP contribution in [0.5, 0.6) is 0 Å². The predicted octanol–water partition coefficient (Wildman–Crippen LogP) is 3.47. The predicted molar refractivity (Wildman–Crippen MR) is 73.7 cm³/mol. The van der Waals surface area contributed by atoms with Crippen LogP contribution in [0.1, 0.15) is 31.9 Å². The van der Waals surface area contributed by atoms with Crippen LogP contribution in [0.25, 0.3) is 0 Å². The second kappa shape index (κ2) is 8.02. The molecule has 1 rings (SSSR count). The number of ether oxygens (including phenoxy) is 1. The number of hydrogen-bond donors (Lipinski definition) is 1. The summed E-state index contributed by atoms with van der Waals surface area (Å²) in [4.78, 5) is 11.8. The van der Waals surface area contributed by atoms with Gasteiger partial charge in [-0.3, -0.25) is 4.79 Å². The summed E-state index contributed by atoms with van der Waals surface area (Å²) in [6, 6.07) is 9.29. The molecular weight excluding hydrogens is 283 g/mol. The van der Waals surface area contributed by atoms with Crippen LogP contribution in [0, 0.1) is 5.92 Å². The fourth-order valence-corrected chi connectivity index (χ4v) is 1.89. The average molecular weight is 303 g/mol. The van der Waals surface area contributed by atoms with E-state index in [1.807, 2.05) is 44.2 Å². The standard InChI is InChI=1S/C15H20F3NO2/c1-11(2)14(12-6-4-3-5-7-12)19-13(20)8-9-21-10-15(16,17)18/h3-7,11,14H,8-10H2,1-2H3,(H,19,20). The first-order chi connectivity index (χ1) is 9.79. The van der Waals surface area contributed by atoms with E-state index < -0.39 is 12.8 Å². The first-order valence-corrected chi connectivity index (χ1v) is 6.78. The Labute approximate surface area is 122 Å². The van der Waals surface area contributed by atoms with Gasteiger partial charge < -0.3 is 10.1 Å². The van der Waals surface area contributed by atoms with E-state index in [1.165, 1.54) is 0 Å². The van der Waals surface area contributed by atoms with Gasteiger partial charge in [-0.15, -0.1) is 0 Å². The number of benzene rings is 1. The van der Waals surface area contributed by atoms with Gasteiger partial charge in [0.2, 0.25) is 5.91 Å². The Hall–Kier alpha value is -1.56. The van der Waals surface area contributed by atoms with Crippen molar-refractivity contribution in [1.82, 2.24) is 5.32 Å². The second-order valence-electron chi connectivity index (χ2n) is 5.12. The number of alkyl halides is 3. The van der Waals surface area contributed by atoms with Gasteiger partial charge in [-0.1, -0.05) is 44.2 Å². The highest BCUT2D eigenvalue weighted by molar-refractivity contribution is 5.76. The number of carbonyl (C=O) groups excluding carboxylic acids is 1. The van der Waals surface area contributed by atoms with E-state index in [2.05, 4.69) is 10.1 Å². The molecule has 118 valence electrons. The van der Waals surface area contributed by atoms with Gasteiger partial charge in [0.1, 0.15) is 6.61 Å². The summed E-state index contributed by atoms with van der Waals surface area (Å²) < 4.78 is 40.1. The summed E-state index contributed by atoms with van der Waals surface area (Å²) in [5.74, 6) is -0.146. The lowest BCUT2D eigenvalue weighted by Gasteiger charge is -2.23. The highest BCUT2D eigenvalue weighted by Crippen LogP contribution is 2.21. The molecule has 1 amide bonds. The minimum absolute atomic E-state index is 0.0911. The Balaban J connectivity index is 2.44. The van der Waals surface area contributed by atoms with Crippen LogP contribution in [0.3, 0.4) is 0 Å². The molecule has 1 aromatic rings. The van der Waals surface area contributed by atoms with Crippen molar-refractivity contribution in [3.8, 4) is 0 Å². The van der Waals surface area contributed by atoms with Crippen LogP contribution in [0.4, 0.5) is 13.2 Å². The molecule has 6 heteroatoms. The maximum absolute atomic E-state index is 11.9. The van der Waals surface area contributed by atoms with E-state index in [9.17, 15) is 18.0 Å². The molecule has 1 aromatic carbocycles. The molecule has 1 atom stereocenters. The molecule has 0 bridgehead atoms. The van der Waals surface area contributed by atoms with Crippen LogP contribution in [0.2, 0.25) is 0 Å². The number of halogens is 3. The second-order valence-corrected chi connectivity index (χ2v) is 5.12. The fourth-order valence-electron chi connectivity index (χ4n) is 1.89. The minimum Gasteiger partial charge on any atom is -0.372 e. The third kappa shape index (κ3) is 7.13. The van der Waals surface area contributed by atoms with Crippen molar-refractivity contribution < 1.29 is 22.7 Å². The molecule has 21 heavy (non-hydrogen) atoms. The van der Waals surface area contributed by atoms with Crippen molar-refractivity contribution in [3.05, 3.63) is 35.9 Å². The zero-order valence-corrected chi connectivity index (χ0v) is 12.1. The highest BCUT2D eigenvalue weighted by atomic mass is 19.4. The van der Waals surface area contributed by atoms with E-state index in [0.717, 1.165) is 5.56 Å². The summed E-state index contributed by atoms with van der Waals surface area (Å²) in [5.41, 5.74) is 0.969. The first kappa shape index (κ1) is 17.5. The zero-order chi connectivity index (χ0) is 15.9. The van der Waals surface area contributed by atoms with E-state index in [0.29, 0.717) is 0 Å². The van der Waals surface area contributed by atoms with Crippen molar-refractivity contribution in [1.29, 1.82) is 0 Å². The van der Waals surface area contributed by atoms with Gasteiger partial charge in [0.25, 0.3) is 0 Å². The maximum atomic E-state index is 11.9. The summed E-state index contributed by atoms with van der Waals surface area (Å²) in [5, 5.41) is 2.83. The van der Waals surface area contributed by atoms with Gasteiger partial charge in [0, 0.05) is 6.42 Å². The summed E-state index contributed by atoms with van der Waals surface area (Å²) in [7, 11) is 0. The van der Waals surface area contributed by atoms with Gasteiger partial charge in [-0.2, -0.15) is 13.2 Å². The summed E-state index contributed by atoms with van der Waals surface area (Å²) in [6.45, 7) is 2.37. The van der Waals surface area contributed by atoms with Crippen molar-refractivity contribution in [2.24, 2.45) is 5.92 Å². The van der Waals surface area contributed by atoms with Crippen molar-refractivity contribution in [3.63, 3.8) is 0 Å². The molecule has 0 saturated heterocycles. The molecule has 0 spiro atoms. The molecule has 0 saturated carbocycles. The van der Waals surface area contributed by atoms with Gasteiger partial charge in [-0.25, -0.2) is 0 Å². The minimum atomic E-state index is -4.36. The number of nitrogens with one attached hydrogen (secondary N) is 1. The molecule has 0 aromatic heterocycles. The largest absolute Gasteiger partial charge is 0.411 e. The van der Waals surface area contributed by atoms with Gasteiger partial charge in [-0.05, 0) is 11.5 Å². The maximum Gasteiger partial charge on any atom is 0.411 e. The Morgan fingerprint density at radius 2 is 1.86 bits per heavy atom. The Morgan fingerprint density at radius 3 is 2.38 bits per heavy atom.